The number of H-pyrrole nitrogens is 1. The molecule has 0 saturated carbocycles. The van der Waals surface area contributed by atoms with Crippen molar-refractivity contribution in [3.05, 3.63) is 59.0 Å². The van der Waals surface area contributed by atoms with Gasteiger partial charge in [-0.25, -0.2) is 4.39 Å². The first-order valence-corrected chi connectivity index (χ1v) is 9.26. The van der Waals surface area contributed by atoms with E-state index in [-0.39, 0.29) is 25.2 Å². The molecule has 0 aliphatic carbocycles. The van der Waals surface area contributed by atoms with Crippen LogP contribution in [0.25, 0.3) is 22.0 Å². The summed E-state index contributed by atoms with van der Waals surface area (Å²) < 4.78 is 13.9. The summed E-state index contributed by atoms with van der Waals surface area (Å²) in [6.45, 7) is 0.257. The van der Waals surface area contributed by atoms with E-state index in [1.54, 1.807) is 30.3 Å². The summed E-state index contributed by atoms with van der Waals surface area (Å²) in [6.07, 6.45) is -0.451. The monoisotopic (exact) mass is 404 g/mol. The van der Waals surface area contributed by atoms with E-state index in [9.17, 15) is 14.3 Å². The molecule has 1 amide bonds. The van der Waals surface area contributed by atoms with Gasteiger partial charge in [-0.3, -0.25) is 4.79 Å². The van der Waals surface area contributed by atoms with Gasteiger partial charge in [-0.05, 0) is 30.7 Å². The average molecular weight is 405 g/mol. The first-order valence-electron chi connectivity index (χ1n) is 8.88. The number of aromatic nitrogens is 1. The largest absolute Gasteiger partial charge is 0.392 e. The third kappa shape index (κ3) is 4.34. The minimum atomic E-state index is -0.721. The summed E-state index contributed by atoms with van der Waals surface area (Å²) in [5, 5.41) is 13.3. The zero-order chi connectivity index (χ0) is 20.3. The quantitative estimate of drug-likeness (QED) is 0.415. The molecule has 1 heterocycles. The SMILES string of the molecule is NCC(O)C[C@H](N)CNC(=O)c1[nH]c2ccc(F)cc2c1-c1ccccc1Cl. The smallest absolute Gasteiger partial charge is 0.268 e. The molecule has 6 nitrogen and oxygen atoms in total. The number of amides is 1. The van der Waals surface area contributed by atoms with Crippen LogP contribution in [0.15, 0.2) is 42.5 Å². The lowest BCUT2D eigenvalue weighted by Crippen LogP contribution is -2.40. The van der Waals surface area contributed by atoms with Gasteiger partial charge in [-0.15, -0.1) is 0 Å². The molecule has 0 bridgehead atoms. The van der Waals surface area contributed by atoms with Crippen LogP contribution < -0.4 is 16.8 Å². The van der Waals surface area contributed by atoms with Crippen molar-refractivity contribution in [2.24, 2.45) is 11.5 Å². The number of halogens is 2. The molecule has 2 atom stereocenters. The number of rotatable bonds is 7. The third-order valence-corrected chi connectivity index (χ3v) is 4.83. The van der Waals surface area contributed by atoms with Crippen LogP contribution in [0.3, 0.4) is 0 Å². The van der Waals surface area contributed by atoms with Crippen molar-refractivity contribution >= 4 is 28.4 Å². The Labute approximate surface area is 166 Å². The van der Waals surface area contributed by atoms with Crippen LogP contribution in [0.5, 0.6) is 0 Å². The summed E-state index contributed by atoms with van der Waals surface area (Å²) in [6, 6.07) is 10.9. The highest BCUT2D eigenvalue weighted by Crippen LogP contribution is 2.36. The van der Waals surface area contributed by atoms with E-state index in [1.165, 1.54) is 12.1 Å². The van der Waals surface area contributed by atoms with Crippen LogP contribution in [0.1, 0.15) is 16.9 Å². The van der Waals surface area contributed by atoms with Crippen LogP contribution in [0.2, 0.25) is 5.02 Å². The van der Waals surface area contributed by atoms with Crippen molar-refractivity contribution < 1.29 is 14.3 Å². The Morgan fingerprint density at radius 2 is 2.04 bits per heavy atom. The highest BCUT2D eigenvalue weighted by atomic mass is 35.5. The van der Waals surface area contributed by atoms with E-state index in [0.717, 1.165) is 0 Å². The predicted molar refractivity (Wildman–Crippen MR) is 109 cm³/mol. The number of carbonyl (C=O) groups is 1. The number of nitrogens with two attached hydrogens (primary N) is 2. The maximum Gasteiger partial charge on any atom is 0.268 e. The summed E-state index contributed by atoms with van der Waals surface area (Å²) in [5.74, 6) is -0.811. The van der Waals surface area contributed by atoms with Gasteiger partial charge in [0.05, 0.1) is 6.10 Å². The fraction of sp³-hybridized carbons (Fsp3) is 0.250. The molecule has 0 spiro atoms. The maximum absolute atomic E-state index is 13.9. The number of fused-ring (bicyclic) bond motifs is 1. The molecule has 3 rings (SSSR count). The number of aromatic amines is 1. The first-order chi connectivity index (χ1) is 13.4. The van der Waals surface area contributed by atoms with Crippen molar-refractivity contribution in [2.75, 3.05) is 13.1 Å². The number of nitrogens with one attached hydrogen (secondary N) is 2. The van der Waals surface area contributed by atoms with Crippen molar-refractivity contribution in [3.8, 4) is 11.1 Å². The lowest BCUT2D eigenvalue weighted by molar-refractivity contribution is 0.0941. The Balaban J connectivity index is 1.95. The van der Waals surface area contributed by atoms with Gasteiger partial charge in [0.1, 0.15) is 11.5 Å². The topological polar surface area (TPSA) is 117 Å². The van der Waals surface area contributed by atoms with Crippen LogP contribution >= 0.6 is 11.6 Å². The minimum absolute atomic E-state index is 0.103. The van der Waals surface area contributed by atoms with E-state index >= 15 is 0 Å². The average Bonchev–Trinajstić information content (AvgIpc) is 3.05. The van der Waals surface area contributed by atoms with Gasteiger partial charge in [0, 0.05) is 46.2 Å². The Bertz CT molecular complexity index is 991. The highest BCUT2D eigenvalue weighted by Gasteiger charge is 2.22. The number of aliphatic hydroxyl groups excluding tert-OH is 1. The second-order valence-corrected chi connectivity index (χ2v) is 7.05. The zero-order valence-electron chi connectivity index (χ0n) is 15.1. The maximum atomic E-state index is 13.9. The second kappa shape index (κ2) is 8.70. The number of carbonyl (C=O) groups excluding carboxylic acids is 1. The molecule has 0 saturated heterocycles. The summed E-state index contributed by atoms with van der Waals surface area (Å²) in [7, 11) is 0. The van der Waals surface area contributed by atoms with Crippen LogP contribution in [0.4, 0.5) is 4.39 Å². The molecule has 0 fully saturated rings. The molecule has 0 aliphatic rings. The summed E-state index contributed by atoms with van der Waals surface area (Å²) in [5.41, 5.74) is 13.3. The van der Waals surface area contributed by atoms with Crippen LogP contribution in [-0.4, -0.2) is 41.2 Å². The third-order valence-electron chi connectivity index (χ3n) is 4.50. The standard InChI is InChI=1S/C20H22ClFN4O2/c21-16-4-2-1-3-14(16)18-15-7-11(22)5-6-17(15)26-19(18)20(28)25-10-12(24)8-13(27)9-23/h1-7,12-13,26-27H,8-10,23-24H2,(H,25,28)/t12-,13?/m0/s1. The van der Waals surface area contributed by atoms with Crippen LogP contribution in [-0.2, 0) is 0 Å². The van der Waals surface area contributed by atoms with E-state index in [2.05, 4.69) is 10.3 Å². The van der Waals surface area contributed by atoms with Crippen molar-refractivity contribution in [3.63, 3.8) is 0 Å². The molecule has 148 valence electrons. The Morgan fingerprint density at radius 3 is 2.75 bits per heavy atom. The van der Waals surface area contributed by atoms with E-state index in [0.29, 0.717) is 27.1 Å². The van der Waals surface area contributed by atoms with E-state index < -0.39 is 23.9 Å². The fourth-order valence-electron chi connectivity index (χ4n) is 3.12. The number of benzene rings is 2. The number of hydrogen-bond donors (Lipinski definition) is 5. The lowest BCUT2D eigenvalue weighted by atomic mass is 10.0. The van der Waals surface area contributed by atoms with Gasteiger partial charge in [-0.2, -0.15) is 0 Å². The molecule has 2 aromatic carbocycles. The number of hydrogen-bond acceptors (Lipinski definition) is 4. The molecule has 8 heteroatoms. The molecular weight excluding hydrogens is 383 g/mol. The molecule has 7 N–H and O–H groups in total. The van der Waals surface area contributed by atoms with E-state index in [1.807, 2.05) is 0 Å². The van der Waals surface area contributed by atoms with Gasteiger partial charge in [0.15, 0.2) is 0 Å². The van der Waals surface area contributed by atoms with Crippen molar-refractivity contribution in [1.29, 1.82) is 0 Å². The Hall–Kier alpha value is -2.45. The van der Waals surface area contributed by atoms with Gasteiger partial charge in [0.2, 0.25) is 0 Å². The first kappa shape index (κ1) is 20.3. The second-order valence-electron chi connectivity index (χ2n) is 6.64. The molecule has 3 aromatic rings. The summed E-state index contributed by atoms with van der Waals surface area (Å²) in [4.78, 5) is 15.9. The van der Waals surface area contributed by atoms with Crippen LogP contribution in [0, 0.1) is 5.82 Å². The normalized spacial score (nSPS) is 13.5. The van der Waals surface area contributed by atoms with Gasteiger partial charge >= 0.3 is 0 Å². The minimum Gasteiger partial charge on any atom is -0.392 e. The lowest BCUT2D eigenvalue weighted by Gasteiger charge is -2.16. The van der Waals surface area contributed by atoms with Gasteiger partial charge in [-0.1, -0.05) is 29.8 Å². The molecule has 1 aromatic heterocycles. The highest BCUT2D eigenvalue weighted by molar-refractivity contribution is 6.34. The molecule has 1 unspecified atom stereocenters. The molecule has 0 radical (unpaired) electrons. The van der Waals surface area contributed by atoms with Crippen molar-refractivity contribution in [1.82, 2.24) is 10.3 Å². The molecular formula is C20H22ClFN4O2. The van der Waals surface area contributed by atoms with Gasteiger partial charge in [0.25, 0.3) is 5.91 Å². The predicted octanol–water partition coefficient (Wildman–Crippen LogP) is 2.39. The summed E-state index contributed by atoms with van der Waals surface area (Å²) >= 11 is 6.33. The molecule has 0 aliphatic heterocycles. The zero-order valence-corrected chi connectivity index (χ0v) is 15.8. The Morgan fingerprint density at radius 1 is 1.29 bits per heavy atom. The molecule has 28 heavy (non-hydrogen) atoms. The van der Waals surface area contributed by atoms with E-state index in [4.69, 9.17) is 23.1 Å². The van der Waals surface area contributed by atoms with Gasteiger partial charge < -0.3 is 26.9 Å². The Kier molecular flexibility index (Phi) is 6.31. The fourth-order valence-corrected chi connectivity index (χ4v) is 3.35. The van der Waals surface area contributed by atoms with Crippen molar-refractivity contribution in [2.45, 2.75) is 18.6 Å². The number of aliphatic hydroxyl groups is 1.